The number of aliphatic carboxylic acids is 3. The Morgan fingerprint density at radius 1 is 1.18 bits per heavy atom. The van der Waals surface area contributed by atoms with Crippen LogP contribution in [0.4, 0.5) is 4.79 Å². The van der Waals surface area contributed by atoms with Crippen molar-refractivity contribution in [3.63, 3.8) is 0 Å². The van der Waals surface area contributed by atoms with Gasteiger partial charge in [0.25, 0.3) is 0 Å². The first kappa shape index (κ1) is 23.0. The van der Waals surface area contributed by atoms with Crippen LogP contribution in [0.3, 0.4) is 0 Å². The number of ketones is 1. The number of hydrogen-bond acceptors (Lipinski definition) is 7. The van der Waals surface area contributed by atoms with Crippen molar-refractivity contribution in [2.24, 2.45) is 11.7 Å². The topological polar surface area (TPSA) is 208 Å². The van der Waals surface area contributed by atoms with Crippen LogP contribution in [0.5, 0.6) is 0 Å². The average Bonchev–Trinajstić information content (AvgIpc) is 2.58. The minimum Gasteiger partial charge on any atom is -0.480 e. The highest BCUT2D eigenvalue weighted by molar-refractivity contribution is 5.97. The van der Waals surface area contributed by atoms with Crippen LogP contribution in [0.2, 0.25) is 0 Å². The zero-order chi connectivity index (χ0) is 21.6. The van der Waals surface area contributed by atoms with Crippen molar-refractivity contribution in [3.8, 4) is 0 Å². The molecule has 0 heterocycles. The molecule has 1 aliphatic rings. The second kappa shape index (κ2) is 9.28. The molecule has 0 aromatic carbocycles. The van der Waals surface area contributed by atoms with E-state index in [1.165, 1.54) is 0 Å². The van der Waals surface area contributed by atoms with Crippen molar-refractivity contribution in [2.75, 3.05) is 13.1 Å². The van der Waals surface area contributed by atoms with Gasteiger partial charge in [0.2, 0.25) is 6.04 Å². The number of nitrogens with two attached hydrogens (primary N) is 1. The summed E-state index contributed by atoms with van der Waals surface area (Å²) in [4.78, 5) is 57.2. The van der Waals surface area contributed by atoms with Gasteiger partial charge in [0.1, 0.15) is 6.54 Å². The van der Waals surface area contributed by atoms with Crippen molar-refractivity contribution in [3.05, 3.63) is 12.7 Å². The Hall–Kier alpha value is -2.99. The maximum absolute atomic E-state index is 12.0. The first-order valence-corrected chi connectivity index (χ1v) is 8.27. The number of carbonyl (C=O) groups excluding carboxylic acids is 1. The van der Waals surface area contributed by atoms with Gasteiger partial charge in [-0.05, 0) is 25.3 Å². The molecule has 3 atom stereocenters. The molecule has 0 radical (unpaired) electrons. The van der Waals surface area contributed by atoms with Gasteiger partial charge in [-0.2, -0.15) is 0 Å². The number of nitrogens with zero attached hydrogens (tertiary/aromatic N) is 1. The van der Waals surface area contributed by atoms with Crippen molar-refractivity contribution in [2.45, 2.75) is 36.9 Å². The van der Waals surface area contributed by atoms with E-state index in [1.807, 2.05) is 0 Å². The maximum Gasteiger partial charge on any atom is 0.407 e. The molecule has 0 bridgehead atoms. The van der Waals surface area contributed by atoms with Crippen LogP contribution in [-0.2, 0) is 19.2 Å². The molecule has 1 amide bonds. The van der Waals surface area contributed by atoms with E-state index in [2.05, 4.69) is 11.9 Å². The fourth-order valence-corrected chi connectivity index (χ4v) is 3.26. The summed E-state index contributed by atoms with van der Waals surface area (Å²) in [7, 11) is 0. The van der Waals surface area contributed by atoms with Crippen molar-refractivity contribution in [1.82, 2.24) is 10.2 Å². The molecule has 1 rings (SSSR count). The molecule has 0 aromatic heterocycles. The Bertz CT molecular complexity index is 666. The van der Waals surface area contributed by atoms with Gasteiger partial charge in [-0.25, -0.2) is 14.4 Å². The monoisotopic (exact) mass is 401 g/mol. The Morgan fingerprint density at radius 2 is 1.75 bits per heavy atom. The molecule has 0 aliphatic heterocycles. The first-order valence-electron chi connectivity index (χ1n) is 8.27. The summed E-state index contributed by atoms with van der Waals surface area (Å²) >= 11 is 0. The lowest BCUT2D eigenvalue weighted by Crippen LogP contribution is -2.68. The highest BCUT2D eigenvalue weighted by Gasteiger charge is 2.46. The van der Waals surface area contributed by atoms with Crippen LogP contribution in [-0.4, -0.2) is 85.8 Å². The standard InChI is InChI=1S/C16H23N3O9/c1-2-9(20)8-3-4-16(17,7-19(15(27)28)6-11(21)22)10(5-8)18-12(13(23)24)14(25)26/h2,8,10,12,18H,1,3-7,17H2,(H,21,22)(H,23,24)(H,25,26)(H,27,28). The van der Waals surface area contributed by atoms with Gasteiger partial charge >= 0.3 is 24.0 Å². The number of amides is 1. The van der Waals surface area contributed by atoms with E-state index in [0.717, 1.165) is 6.08 Å². The molecule has 3 unspecified atom stereocenters. The molecule has 0 saturated heterocycles. The molecule has 7 N–H and O–H groups in total. The van der Waals surface area contributed by atoms with Gasteiger partial charge in [-0.15, -0.1) is 0 Å². The molecule has 156 valence electrons. The van der Waals surface area contributed by atoms with E-state index >= 15 is 0 Å². The third kappa shape index (κ3) is 5.76. The lowest BCUT2D eigenvalue weighted by atomic mass is 9.71. The van der Waals surface area contributed by atoms with Crippen LogP contribution in [0, 0.1) is 5.92 Å². The van der Waals surface area contributed by atoms with Crippen molar-refractivity contribution in [1.29, 1.82) is 0 Å². The van der Waals surface area contributed by atoms with Gasteiger partial charge in [0.05, 0.1) is 0 Å². The quantitative estimate of drug-likeness (QED) is 0.189. The summed E-state index contributed by atoms with van der Waals surface area (Å²) in [6.45, 7) is 2.02. The highest BCUT2D eigenvalue weighted by atomic mass is 16.4. The average molecular weight is 401 g/mol. The number of carbonyl (C=O) groups is 5. The zero-order valence-electron chi connectivity index (χ0n) is 14.9. The molecular weight excluding hydrogens is 378 g/mol. The lowest BCUT2D eigenvalue weighted by molar-refractivity contribution is -0.151. The molecule has 0 aromatic rings. The summed E-state index contributed by atoms with van der Waals surface area (Å²) < 4.78 is 0. The molecule has 1 aliphatic carbocycles. The zero-order valence-corrected chi connectivity index (χ0v) is 14.9. The van der Waals surface area contributed by atoms with E-state index in [-0.39, 0.29) is 25.0 Å². The third-order valence-corrected chi connectivity index (χ3v) is 4.72. The van der Waals surface area contributed by atoms with Gasteiger partial charge in [-0.3, -0.25) is 19.8 Å². The summed E-state index contributed by atoms with van der Waals surface area (Å²) in [6, 6.07) is -3.12. The number of carboxylic acid groups (broad SMARTS) is 4. The van der Waals surface area contributed by atoms with Crippen LogP contribution < -0.4 is 11.1 Å². The Morgan fingerprint density at radius 3 is 2.18 bits per heavy atom. The van der Waals surface area contributed by atoms with Crippen LogP contribution in [0.25, 0.3) is 0 Å². The smallest absolute Gasteiger partial charge is 0.407 e. The van der Waals surface area contributed by atoms with E-state index in [0.29, 0.717) is 4.90 Å². The SMILES string of the molecule is C=CC(=O)C1CCC(N)(CN(CC(=O)O)C(=O)O)C(NC(C(=O)O)C(=O)O)C1. The Balaban J connectivity index is 3.19. The molecule has 1 fully saturated rings. The van der Waals surface area contributed by atoms with Crippen LogP contribution in [0.1, 0.15) is 19.3 Å². The van der Waals surface area contributed by atoms with Gasteiger partial charge in [0.15, 0.2) is 5.78 Å². The highest BCUT2D eigenvalue weighted by Crippen LogP contribution is 2.33. The number of nitrogens with one attached hydrogen (secondary N) is 1. The first-order chi connectivity index (χ1) is 12.9. The van der Waals surface area contributed by atoms with Gasteiger partial charge in [-0.1, -0.05) is 6.58 Å². The van der Waals surface area contributed by atoms with Crippen LogP contribution in [0.15, 0.2) is 12.7 Å². The van der Waals surface area contributed by atoms with Gasteiger partial charge < -0.3 is 26.2 Å². The fraction of sp³-hybridized carbons (Fsp3) is 0.562. The van der Waals surface area contributed by atoms with Crippen molar-refractivity contribution < 1.29 is 44.4 Å². The second-order valence-corrected chi connectivity index (χ2v) is 6.67. The Kier molecular flexibility index (Phi) is 7.64. The molecule has 12 nitrogen and oxygen atoms in total. The minimum absolute atomic E-state index is 0.0320. The minimum atomic E-state index is -2.04. The molecule has 12 heteroatoms. The number of allylic oxidation sites excluding steroid dienone is 1. The number of carboxylic acids is 3. The predicted molar refractivity (Wildman–Crippen MR) is 92.7 cm³/mol. The second-order valence-electron chi connectivity index (χ2n) is 6.67. The Labute approximate surface area is 159 Å². The summed E-state index contributed by atoms with van der Waals surface area (Å²) in [5.74, 6) is -5.73. The lowest BCUT2D eigenvalue weighted by Gasteiger charge is -2.46. The van der Waals surface area contributed by atoms with Gasteiger partial charge in [0, 0.05) is 24.0 Å². The van der Waals surface area contributed by atoms with E-state index in [9.17, 15) is 29.1 Å². The summed E-state index contributed by atoms with van der Waals surface area (Å²) in [5.41, 5.74) is 4.80. The van der Waals surface area contributed by atoms with Crippen molar-refractivity contribution >= 4 is 29.8 Å². The predicted octanol–water partition coefficient (Wildman–Crippen LogP) is -1.20. The summed E-state index contributed by atoms with van der Waals surface area (Å²) in [6.07, 6.45) is -0.262. The normalized spacial score (nSPS) is 24.4. The molecule has 28 heavy (non-hydrogen) atoms. The van der Waals surface area contributed by atoms with E-state index in [1.54, 1.807) is 0 Å². The number of rotatable bonds is 10. The maximum atomic E-state index is 12.0. The van der Waals surface area contributed by atoms with Crippen LogP contribution >= 0.6 is 0 Å². The van der Waals surface area contributed by atoms with E-state index < -0.39 is 60.6 Å². The largest absolute Gasteiger partial charge is 0.480 e. The third-order valence-electron chi connectivity index (χ3n) is 4.72. The molecular formula is C16H23N3O9. The van der Waals surface area contributed by atoms with E-state index in [4.69, 9.17) is 21.1 Å². The molecule has 0 spiro atoms. The fourth-order valence-electron chi connectivity index (χ4n) is 3.26. The number of hydrogen-bond donors (Lipinski definition) is 6. The summed E-state index contributed by atoms with van der Waals surface area (Å²) in [5, 5.41) is 38.7. The molecule has 1 saturated carbocycles.